The first-order valence-electron chi connectivity index (χ1n) is 8.97. The van der Waals surface area contributed by atoms with Crippen molar-refractivity contribution < 1.29 is 14.3 Å². The number of ether oxygens (including phenoxy) is 1. The van der Waals surface area contributed by atoms with Crippen LogP contribution in [0.3, 0.4) is 0 Å². The number of nitrogens with zero attached hydrogens (tertiary/aromatic N) is 1. The Balaban J connectivity index is 1.94. The average Bonchev–Trinajstić information content (AvgIpc) is 2.63. The number of fused-ring (bicyclic) bond motifs is 1. The van der Waals surface area contributed by atoms with Crippen LogP contribution in [0.2, 0.25) is 0 Å². The van der Waals surface area contributed by atoms with E-state index in [1.54, 1.807) is 13.1 Å². The second-order valence-electron chi connectivity index (χ2n) is 6.47. The van der Waals surface area contributed by atoms with Gasteiger partial charge >= 0.3 is 5.97 Å². The Morgan fingerprint density at radius 1 is 1.33 bits per heavy atom. The summed E-state index contributed by atoms with van der Waals surface area (Å²) in [5.74, 6) is -0.498. The molecule has 0 bridgehead atoms. The lowest BCUT2D eigenvalue weighted by molar-refractivity contribution is -0.118. The van der Waals surface area contributed by atoms with E-state index in [9.17, 15) is 9.59 Å². The minimum absolute atomic E-state index is 0.0122. The molecule has 1 aromatic heterocycles. The van der Waals surface area contributed by atoms with E-state index in [-0.39, 0.29) is 11.9 Å². The highest BCUT2D eigenvalue weighted by Crippen LogP contribution is 2.29. The fourth-order valence-corrected chi connectivity index (χ4v) is 3.03. The van der Waals surface area contributed by atoms with E-state index in [1.807, 2.05) is 43.4 Å². The number of hydrogen-bond acceptors (Lipinski definition) is 5. The maximum atomic E-state index is 12.4. The van der Waals surface area contributed by atoms with Crippen LogP contribution < -0.4 is 10.6 Å². The van der Waals surface area contributed by atoms with Crippen LogP contribution in [-0.4, -0.2) is 29.5 Å². The number of carbonyl (C=O) groups excluding carboxylic acids is 2. The highest BCUT2D eigenvalue weighted by atomic mass is 16.5. The summed E-state index contributed by atoms with van der Waals surface area (Å²) in [5, 5.41) is 7.10. The number of rotatable bonds is 5. The number of hydrogen-bond donors (Lipinski definition) is 2. The zero-order valence-electron chi connectivity index (χ0n) is 15.7. The van der Waals surface area contributed by atoms with Crippen LogP contribution in [0.15, 0.2) is 48.3 Å². The molecule has 1 atom stereocenters. The Hall–Kier alpha value is -3.15. The summed E-state index contributed by atoms with van der Waals surface area (Å²) in [6, 6.07) is 5.93. The van der Waals surface area contributed by atoms with Gasteiger partial charge in [0.1, 0.15) is 5.56 Å². The Morgan fingerprint density at radius 2 is 2.15 bits per heavy atom. The Morgan fingerprint density at radius 3 is 2.81 bits per heavy atom. The van der Waals surface area contributed by atoms with Crippen LogP contribution in [-0.2, 0) is 9.53 Å². The first-order chi connectivity index (χ1) is 13.0. The second-order valence-corrected chi connectivity index (χ2v) is 6.47. The summed E-state index contributed by atoms with van der Waals surface area (Å²) in [6.45, 7) is 5.57. The molecule has 0 spiro atoms. The number of allylic oxidation sites excluding steroid dienone is 1. The van der Waals surface area contributed by atoms with Crippen molar-refractivity contribution in [3.8, 4) is 0 Å². The maximum absolute atomic E-state index is 12.4. The van der Waals surface area contributed by atoms with Gasteiger partial charge in [0.05, 0.1) is 17.8 Å². The third-order valence-electron chi connectivity index (χ3n) is 4.27. The Labute approximate surface area is 158 Å². The highest BCUT2D eigenvalue weighted by Gasteiger charge is 2.19. The molecule has 140 valence electrons. The standard InChI is InChI=1S/C21H23N3O3/c1-4-27-21(26)18-12-22-19-10-5-13(2)11-17(19)20(18)24-16-8-6-15(7-9-16)23-14(3)25/h5-8,10-12,16H,4,9H2,1-3H3,(H,22,24)(H,23,25). The van der Waals surface area contributed by atoms with Gasteiger partial charge in [-0.2, -0.15) is 0 Å². The number of aromatic nitrogens is 1. The van der Waals surface area contributed by atoms with Crippen LogP contribution in [0, 0.1) is 6.92 Å². The van der Waals surface area contributed by atoms with E-state index in [4.69, 9.17) is 4.74 Å². The van der Waals surface area contributed by atoms with Crippen LogP contribution >= 0.6 is 0 Å². The fraction of sp³-hybridized carbons (Fsp3) is 0.286. The molecule has 0 radical (unpaired) electrons. The number of esters is 1. The minimum atomic E-state index is -0.398. The molecule has 27 heavy (non-hydrogen) atoms. The van der Waals surface area contributed by atoms with Gasteiger partial charge in [-0.3, -0.25) is 9.78 Å². The van der Waals surface area contributed by atoms with Crippen LogP contribution in [0.25, 0.3) is 10.9 Å². The molecule has 1 aromatic carbocycles. The van der Waals surface area contributed by atoms with Gasteiger partial charge in [0.25, 0.3) is 0 Å². The predicted octanol–water partition coefficient (Wildman–Crippen LogP) is 3.48. The third-order valence-corrected chi connectivity index (χ3v) is 4.27. The number of pyridine rings is 1. The van der Waals surface area contributed by atoms with E-state index < -0.39 is 5.97 Å². The largest absolute Gasteiger partial charge is 0.462 e. The molecule has 0 saturated carbocycles. The molecule has 0 aliphatic heterocycles. The van der Waals surface area contributed by atoms with Crippen molar-refractivity contribution in [3.05, 3.63) is 59.4 Å². The zero-order valence-corrected chi connectivity index (χ0v) is 15.7. The van der Waals surface area contributed by atoms with Gasteiger partial charge in [0, 0.05) is 30.2 Å². The first kappa shape index (κ1) is 18.6. The smallest absolute Gasteiger partial charge is 0.341 e. The van der Waals surface area contributed by atoms with Gasteiger partial charge in [-0.05, 0) is 38.5 Å². The number of aryl methyl sites for hydroxylation is 1. The van der Waals surface area contributed by atoms with E-state index in [1.165, 1.54) is 6.92 Å². The van der Waals surface area contributed by atoms with Gasteiger partial charge in [0.15, 0.2) is 0 Å². The lowest BCUT2D eigenvalue weighted by Gasteiger charge is -2.22. The molecule has 0 saturated heterocycles. The van der Waals surface area contributed by atoms with Crippen LogP contribution in [0.5, 0.6) is 0 Å². The van der Waals surface area contributed by atoms with Gasteiger partial charge in [0.2, 0.25) is 5.91 Å². The molecule has 2 aromatic rings. The number of nitrogens with one attached hydrogen (secondary N) is 2. The van der Waals surface area contributed by atoms with Crippen molar-refractivity contribution in [1.82, 2.24) is 10.3 Å². The summed E-state index contributed by atoms with van der Waals surface area (Å²) >= 11 is 0. The molecule has 1 aliphatic rings. The summed E-state index contributed by atoms with van der Waals surface area (Å²) in [4.78, 5) is 28.0. The molecule has 1 aliphatic carbocycles. The molecule has 1 unspecified atom stereocenters. The van der Waals surface area contributed by atoms with E-state index in [0.29, 0.717) is 24.3 Å². The normalized spacial score (nSPS) is 16.0. The Bertz CT molecular complexity index is 947. The third kappa shape index (κ3) is 4.34. The quantitative estimate of drug-likeness (QED) is 0.793. The van der Waals surface area contributed by atoms with Crippen LogP contribution in [0.4, 0.5) is 5.69 Å². The molecule has 1 amide bonds. The molecular formula is C21H23N3O3. The van der Waals surface area contributed by atoms with Crippen molar-refractivity contribution in [2.45, 2.75) is 33.2 Å². The minimum Gasteiger partial charge on any atom is -0.462 e. The SMILES string of the molecule is CCOC(=O)c1cnc2ccc(C)cc2c1NC1C=CC(NC(C)=O)=CC1. The summed E-state index contributed by atoms with van der Waals surface area (Å²) in [6.07, 6.45) is 8.04. The Kier molecular flexibility index (Phi) is 5.54. The number of amides is 1. The highest BCUT2D eigenvalue weighted by molar-refractivity contribution is 6.05. The maximum Gasteiger partial charge on any atom is 0.341 e. The fourth-order valence-electron chi connectivity index (χ4n) is 3.03. The van der Waals surface area contributed by atoms with E-state index in [2.05, 4.69) is 15.6 Å². The predicted molar refractivity (Wildman–Crippen MR) is 106 cm³/mol. The monoisotopic (exact) mass is 365 g/mol. The molecular weight excluding hydrogens is 342 g/mol. The topological polar surface area (TPSA) is 80.3 Å². The molecule has 3 rings (SSSR count). The molecule has 0 fully saturated rings. The summed E-state index contributed by atoms with van der Waals surface area (Å²) < 4.78 is 5.20. The second kappa shape index (κ2) is 8.03. The van der Waals surface area contributed by atoms with Gasteiger partial charge in [-0.1, -0.05) is 23.8 Å². The lowest BCUT2D eigenvalue weighted by atomic mass is 10.0. The van der Waals surface area contributed by atoms with Crippen molar-refractivity contribution in [2.24, 2.45) is 0 Å². The van der Waals surface area contributed by atoms with Gasteiger partial charge < -0.3 is 15.4 Å². The molecule has 6 heteroatoms. The zero-order chi connectivity index (χ0) is 19.4. The first-order valence-corrected chi connectivity index (χ1v) is 8.97. The van der Waals surface area contributed by atoms with E-state index >= 15 is 0 Å². The number of benzene rings is 1. The summed E-state index contributed by atoms with van der Waals surface area (Å²) in [5.41, 5.74) is 3.81. The number of anilines is 1. The average molecular weight is 365 g/mol. The van der Waals surface area contributed by atoms with Crippen molar-refractivity contribution in [1.29, 1.82) is 0 Å². The van der Waals surface area contributed by atoms with Crippen molar-refractivity contribution in [3.63, 3.8) is 0 Å². The van der Waals surface area contributed by atoms with Gasteiger partial charge in [-0.15, -0.1) is 0 Å². The molecule has 6 nitrogen and oxygen atoms in total. The number of carbonyl (C=O) groups is 2. The van der Waals surface area contributed by atoms with Crippen LogP contribution in [0.1, 0.15) is 36.2 Å². The van der Waals surface area contributed by atoms with E-state index in [0.717, 1.165) is 22.2 Å². The van der Waals surface area contributed by atoms with Crippen molar-refractivity contribution in [2.75, 3.05) is 11.9 Å². The van der Waals surface area contributed by atoms with Crippen molar-refractivity contribution >= 4 is 28.5 Å². The van der Waals surface area contributed by atoms with Gasteiger partial charge in [-0.25, -0.2) is 4.79 Å². The molecule has 2 N–H and O–H groups in total. The summed E-state index contributed by atoms with van der Waals surface area (Å²) in [7, 11) is 0. The molecule has 1 heterocycles. The lowest BCUT2D eigenvalue weighted by Crippen LogP contribution is -2.24.